The molecule has 5 nitrogen and oxygen atoms in total. The van der Waals surface area contributed by atoms with Crippen LogP contribution in [0.3, 0.4) is 0 Å². The van der Waals surface area contributed by atoms with Crippen LogP contribution in [0.1, 0.15) is 19.4 Å². The molecule has 1 heterocycles. The van der Waals surface area contributed by atoms with E-state index in [0.29, 0.717) is 12.3 Å². The molecule has 0 bridgehead atoms. The van der Waals surface area contributed by atoms with E-state index in [9.17, 15) is 4.79 Å². The summed E-state index contributed by atoms with van der Waals surface area (Å²) in [5.41, 5.74) is 0.966. The Morgan fingerprint density at radius 3 is 2.46 bits per heavy atom. The van der Waals surface area contributed by atoms with Gasteiger partial charge in [0.05, 0.1) is 0 Å². The van der Waals surface area contributed by atoms with E-state index in [0.717, 1.165) is 28.0 Å². The van der Waals surface area contributed by atoms with Crippen LogP contribution in [0.4, 0.5) is 5.82 Å². The Labute approximate surface area is 156 Å². The van der Waals surface area contributed by atoms with E-state index in [1.165, 1.54) is 0 Å². The number of ether oxygens (including phenoxy) is 1. The van der Waals surface area contributed by atoms with E-state index < -0.39 is 0 Å². The van der Waals surface area contributed by atoms with Crippen molar-refractivity contribution in [3.63, 3.8) is 0 Å². The molecule has 0 aliphatic carbocycles. The first kappa shape index (κ1) is 18.5. The Bertz CT molecular complexity index is 640. The van der Waals surface area contributed by atoms with Gasteiger partial charge in [-0.2, -0.15) is 0 Å². The van der Waals surface area contributed by atoms with E-state index >= 15 is 0 Å². The number of nitrogens with one attached hydrogen (secondary N) is 1. The van der Waals surface area contributed by atoms with Gasteiger partial charge in [0.2, 0.25) is 0 Å². The van der Waals surface area contributed by atoms with E-state index in [1.54, 1.807) is 6.20 Å². The summed E-state index contributed by atoms with van der Waals surface area (Å²) in [5, 5.41) is 2.84. The maximum Gasteiger partial charge on any atom is 0.258 e. The average Bonchev–Trinajstić information content (AvgIpc) is 2.61. The fourth-order valence-electron chi connectivity index (χ4n) is 2.19. The van der Waals surface area contributed by atoms with Crippen molar-refractivity contribution in [1.29, 1.82) is 0 Å². The quantitative estimate of drug-likeness (QED) is 0.642. The van der Waals surface area contributed by atoms with Crippen molar-refractivity contribution < 1.29 is 9.53 Å². The van der Waals surface area contributed by atoms with Crippen LogP contribution in [0.15, 0.2) is 42.6 Å². The standard InChI is InChI=1S/C18H22IN3O2/c1-3-22(4-2)17-10-5-14(11-20-17)12-21-18(23)13-24-16-8-6-15(19)7-9-16/h5-11H,3-4,12-13H2,1-2H3,(H,21,23). The van der Waals surface area contributed by atoms with Crippen molar-refractivity contribution in [3.8, 4) is 5.75 Å². The van der Waals surface area contributed by atoms with Crippen LogP contribution in [0.5, 0.6) is 5.75 Å². The maximum atomic E-state index is 11.9. The predicted octanol–water partition coefficient (Wildman–Crippen LogP) is 3.23. The first-order valence-electron chi connectivity index (χ1n) is 7.97. The topological polar surface area (TPSA) is 54.5 Å². The number of carbonyl (C=O) groups is 1. The number of rotatable bonds is 8. The summed E-state index contributed by atoms with van der Waals surface area (Å²) in [4.78, 5) is 18.5. The second kappa shape index (κ2) is 9.46. The van der Waals surface area contributed by atoms with E-state index in [1.807, 2.05) is 36.4 Å². The number of carbonyl (C=O) groups excluding carboxylic acids is 1. The largest absolute Gasteiger partial charge is 0.484 e. The molecule has 2 aromatic rings. The molecule has 0 unspecified atom stereocenters. The van der Waals surface area contributed by atoms with Crippen molar-refractivity contribution in [2.24, 2.45) is 0 Å². The zero-order valence-electron chi connectivity index (χ0n) is 14.0. The van der Waals surface area contributed by atoms with Crippen molar-refractivity contribution >= 4 is 34.3 Å². The van der Waals surface area contributed by atoms with Crippen molar-refractivity contribution in [2.45, 2.75) is 20.4 Å². The molecule has 128 valence electrons. The molecule has 0 saturated carbocycles. The lowest BCUT2D eigenvalue weighted by Crippen LogP contribution is -2.28. The Morgan fingerprint density at radius 1 is 1.17 bits per heavy atom. The molecular formula is C18H22IN3O2. The Balaban J connectivity index is 1.78. The average molecular weight is 439 g/mol. The summed E-state index contributed by atoms with van der Waals surface area (Å²) in [6.07, 6.45) is 1.80. The van der Waals surface area contributed by atoms with E-state index in [4.69, 9.17) is 4.74 Å². The van der Waals surface area contributed by atoms with Crippen LogP contribution in [-0.2, 0) is 11.3 Å². The third kappa shape index (κ3) is 5.67. The Morgan fingerprint density at radius 2 is 1.88 bits per heavy atom. The molecule has 2 rings (SSSR count). The van der Waals surface area contributed by atoms with Gasteiger partial charge in [-0.1, -0.05) is 6.07 Å². The molecule has 0 aliphatic heterocycles. The minimum Gasteiger partial charge on any atom is -0.484 e. The second-order valence-corrected chi connectivity index (χ2v) is 6.46. The summed E-state index contributed by atoms with van der Waals surface area (Å²) >= 11 is 2.23. The van der Waals surface area contributed by atoms with Crippen LogP contribution in [0.25, 0.3) is 0 Å². The number of anilines is 1. The van der Waals surface area contributed by atoms with Gasteiger partial charge in [-0.3, -0.25) is 4.79 Å². The number of benzene rings is 1. The minimum atomic E-state index is -0.152. The number of amides is 1. The first-order chi connectivity index (χ1) is 11.6. The van der Waals surface area contributed by atoms with Crippen LogP contribution in [-0.4, -0.2) is 30.6 Å². The lowest BCUT2D eigenvalue weighted by Gasteiger charge is -2.19. The fraction of sp³-hybridized carbons (Fsp3) is 0.333. The molecule has 0 aliphatic rings. The van der Waals surface area contributed by atoms with Gasteiger partial charge in [-0.15, -0.1) is 0 Å². The molecule has 0 radical (unpaired) electrons. The Kier molecular flexibility index (Phi) is 7.30. The monoisotopic (exact) mass is 439 g/mol. The van der Waals surface area contributed by atoms with Gasteiger partial charge in [-0.05, 0) is 72.3 Å². The molecule has 1 N–H and O–H groups in total. The molecule has 24 heavy (non-hydrogen) atoms. The Hall–Kier alpha value is -1.83. The smallest absolute Gasteiger partial charge is 0.258 e. The second-order valence-electron chi connectivity index (χ2n) is 5.22. The third-order valence-electron chi connectivity index (χ3n) is 3.57. The third-order valence-corrected chi connectivity index (χ3v) is 4.29. The highest BCUT2D eigenvalue weighted by atomic mass is 127. The molecule has 1 amide bonds. The lowest BCUT2D eigenvalue weighted by atomic mass is 10.2. The highest BCUT2D eigenvalue weighted by molar-refractivity contribution is 14.1. The lowest BCUT2D eigenvalue weighted by molar-refractivity contribution is -0.123. The predicted molar refractivity (Wildman–Crippen MR) is 104 cm³/mol. The summed E-state index contributed by atoms with van der Waals surface area (Å²) in [5.74, 6) is 1.49. The highest BCUT2D eigenvalue weighted by Crippen LogP contribution is 2.13. The SMILES string of the molecule is CCN(CC)c1ccc(CNC(=O)COc2ccc(I)cc2)cn1. The van der Waals surface area contributed by atoms with Crippen LogP contribution in [0, 0.1) is 3.57 Å². The zero-order valence-corrected chi connectivity index (χ0v) is 16.1. The number of halogens is 1. The van der Waals surface area contributed by atoms with Gasteiger partial charge in [-0.25, -0.2) is 4.98 Å². The molecule has 0 spiro atoms. The summed E-state index contributed by atoms with van der Waals surface area (Å²) in [7, 11) is 0. The highest BCUT2D eigenvalue weighted by Gasteiger charge is 2.05. The van der Waals surface area contributed by atoms with Gasteiger partial charge in [0.25, 0.3) is 5.91 Å². The number of pyridine rings is 1. The van der Waals surface area contributed by atoms with Crippen LogP contribution < -0.4 is 15.0 Å². The molecular weight excluding hydrogens is 417 g/mol. The molecule has 1 aromatic carbocycles. The number of hydrogen-bond acceptors (Lipinski definition) is 4. The van der Waals surface area contributed by atoms with Crippen molar-refractivity contribution in [1.82, 2.24) is 10.3 Å². The first-order valence-corrected chi connectivity index (χ1v) is 9.05. The zero-order chi connectivity index (χ0) is 17.4. The van der Waals surface area contributed by atoms with Gasteiger partial charge in [0, 0.05) is 29.4 Å². The number of hydrogen-bond donors (Lipinski definition) is 1. The van der Waals surface area contributed by atoms with Gasteiger partial charge in [0.15, 0.2) is 6.61 Å². The molecule has 1 aromatic heterocycles. The summed E-state index contributed by atoms with van der Waals surface area (Å²) in [6.45, 7) is 6.51. The summed E-state index contributed by atoms with van der Waals surface area (Å²) < 4.78 is 6.58. The summed E-state index contributed by atoms with van der Waals surface area (Å²) in [6, 6.07) is 11.6. The number of nitrogens with zero attached hydrogens (tertiary/aromatic N) is 2. The maximum absolute atomic E-state index is 11.9. The molecule has 0 saturated heterocycles. The van der Waals surface area contributed by atoms with Crippen molar-refractivity contribution in [3.05, 3.63) is 51.7 Å². The minimum absolute atomic E-state index is 0.00551. The van der Waals surface area contributed by atoms with Gasteiger partial charge in [0.1, 0.15) is 11.6 Å². The molecule has 0 atom stereocenters. The van der Waals surface area contributed by atoms with Crippen LogP contribution >= 0.6 is 22.6 Å². The van der Waals surface area contributed by atoms with E-state index in [-0.39, 0.29) is 12.5 Å². The van der Waals surface area contributed by atoms with E-state index in [2.05, 4.69) is 51.6 Å². The number of aromatic nitrogens is 1. The fourth-order valence-corrected chi connectivity index (χ4v) is 2.55. The van der Waals surface area contributed by atoms with Crippen molar-refractivity contribution in [2.75, 3.05) is 24.6 Å². The van der Waals surface area contributed by atoms with Gasteiger partial charge < -0.3 is 15.0 Å². The van der Waals surface area contributed by atoms with Gasteiger partial charge >= 0.3 is 0 Å². The van der Waals surface area contributed by atoms with Crippen LogP contribution in [0.2, 0.25) is 0 Å². The molecule has 6 heteroatoms. The molecule has 0 fully saturated rings. The normalized spacial score (nSPS) is 10.3.